The third-order valence-electron chi connectivity index (χ3n) is 3.11. The second-order valence-electron chi connectivity index (χ2n) is 4.95. The molecule has 21 heavy (non-hydrogen) atoms. The average Bonchev–Trinajstić information content (AvgIpc) is 2.46. The summed E-state index contributed by atoms with van der Waals surface area (Å²) in [5, 5.41) is 2.90. The van der Waals surface area contributed by atoms with Crippen molar-refractivity contribution in [2.45, 2.75) is 50.7 Å². The molecule has 1 rings (SSSR count). The highest BCUT2D eigenvalue weighted by molar-refractivity contribution is 7.86. The van der Waals surface area contributed by atoms with Crippen molar-refractivity contribution in [2.75, 3.05) is 7.05 Å². The summed E-state index contributed by atoms with van der Waals surface area (Å²) in [7, 11) is -2.01. The minimum atomic E-state index is -3.72. The van der Waals surface area contributed by atoms with Crippen LogP contribution in [0.3, 0.4) is 0 Å². The normalized spacial score (nSPS) is 13.7. The zero-order valence-corrected chi connectivity index (χ0v) is 13.8. The quantitative estimate of drug-likeness (QED) is 0.329. The predicted molar refractivity (Wildman–Crippen MR) is 85.6 cm³/mol. The molecule has 1 atom stereocenters. The molecular formula is C16H25NO3S. The summed E-state index contributed by atoms with van der Waals surface area (Å²) in [6, 6.07) is 6.67. The Bertz CT molecular complexity index is 535. The summed E-state index contributed by atoms with van der Waals surface area (Å²) in [5.41, 5.74) is 1.02. The predicted octanol–water partition coefficient (Wildman–Crippen LogP) is 3.38. The molecule has 0 heterocycles. The van der Waals surface area contributed by atoms with Gasteiger partial charge in [0, 0.05) is 0 Å². The summed E-state index contributed by atoms with van der Waals surface area (Å²) in [6.07, 6.45) is 7.21. The Hall–Kier alpha value is -1.17. The van der Waals surface area contributed by atoms with E-state index in [9.17, 15) is 8.42 Å². The van der Waals surface area contributed by atoms with Crippen molar-refractivity contribution in [2.24, 2.45) is 0 Å². The lowest BCUT2D eigenvalue weighted by Gasteiger charge is -2.16. The fraction of sp³-hybridized carbons (Fsp3) is 0.500. The van der Waals surface area contributed by atoms with Crippen LogP contribution in [0.15, 0.2) is 41.3 Å². The summed E-state index contributed by atoms with van der Waals surface area (Å²) in [4.78, 5) is 0.194. The van der Waals surface area contributed by atoms with Crippen molar-refractivity contribution in [3.8, 4) is 0 Å². The van der Waals surface area contributed by atoms with E-state index in [2.05, 4.69) is 24.4 Å². The van der Waals surface area contributed by atoms with Gasteiger partial charge in [0.25, 0.3) is 10.1 Å². The van der Waals surface area contributed by atoms with E-state index in [1.165, 1.54) is 0 Å². The highest BCUT2D eigenvalue weighted by Gasteiger charge is 2.20. The Labute approximate surface area is 128 Å². The minimum absolute atomic E-state index is 0.194. The van der Waals surface area contributed by atoms with Crippen molar-refractivity contribution in [1.29, 1.82) is 0 Å². The number of nitrogens with one attached hydrogen (secondary N) is 1. The van der Waals surface area contributed by atoms with E-state index in [-0.39, 0.29) is 4.90 Å². The van der Waals surface area contributed by atoms with Crippen LogP contribution in [-0.4, -0.2) is 21.7 Å². The first-order valence-electron chi connectivity index (χ1n) is 7.32. The molecule has 118 valence electrons. The van der Waals surface area contributed by atoms with Gasteiger partial charge in [-0.2, -0.15) is 8.42 Å². The zero-order chi connectivity index (χ0) is 15.7. The van der Waals surface area contributed by atoms with Crippen LogP contribution in [0.5, 0.6) is 0 Å². The van der Waals surface area contributed by atoms with Gasteiger partial charge in [-0.3, -0.25) is 5.32 Å². The number of unbranched alkanes of at least 4 members (excludes halogenated alkanes) is 1. The van der Waals surface area contributed by atoms with E-state index >= 15 is 0 Å². The van der Waals surface area contributed by atoms with E-state index in [1.54, 1.807) is 31.3 Å². The maximum absolute atomic E-state index is 12.2. The molecule has 0 aliphatic rings. The molecule has 0 spiro atoms. The highest BCUT2D eigenvalue weighted by atomic mass is 32.2. The summed E-state index contributed by atoms with van der Waals surface area (Å²) < 4.78 is 29.6. The lowest BCUT2D eigenvalue weighted by atomic mass is 10.2. The van der Waals surface area contributed by atoms with Crippen molar-refractivity contribution >= 4 is 10.1 Å². The lowest BCUT2D eigenvalue weighted by molar-refractivity contribution is 0.169. The first-order valence-corrected chi connectivity index (χ1v) is 8.72. The number of benzene rings is 1. The molecule has 1 N–H and O–H groups in total. The van der Waals surface area contributed by atoms with Gasteiger partial charge in [-0.05, 0) is 51.8 Å². The van der Waals surface area contributed by atoms with E-state index in [0.717, 1.165) is 24.8 Å². The summed E-state index contributed by atoms with van der Waals surface area (Å²) >= 11 is 0. The molecule has 0 bridgehead atoms. The van der Waals surface area contributed by atoms with Crippen LogP contribution in [-0.2, 0) is 14.3 Å². The van der Waals surface area contributed by atoms with Crippen LogP contribution < -0.4 is 5.32 Å². The van der Waals surface area contributed by atoms with Crippen molar-refractivity contribution in [1.82, 2.24) is 5.32 Å². The largest absolute Gasteiger partial charge is 0.298 e. The zero-order valence-electron chi connectivity index (χ0n) is 13.0. The standard InChI is InChI=1S/C16H25NO3S/c1-4-5-6-7-8-9-16(17-3)20-21(18,19)15-12-10-14(2)11-13-15/h5-6,10-13,16-17H,4,7-9H2,1-3H3. The van der Waals surface area contributed by atoms with E-state index in [4.69, 9.17) is 4.18 Å². The molecule has 0 fully saturated rings. The van der Waals surface area contributed by atoms with Crippen LogP contribution in [0.2, 0.25) is 0 Å². The van der Waals surface area contributed by atoms with Crippen LogP contribution >= 0.6 is 0 Å². The van der Waals surface area contributed by atoms with Gasteiger partial charge >= 0.3 is 0 Å². The first-order chi connectivity index (χ1) is 9.99. The van der Waals surface area contributed by atoms with Crippen LogP contribution in [0, 0.1) is 6.92 Å². The first kappa shape index (κ1) is 17.9. The molecule has 0 saturated carbocycles. The van der Waals surface area contributed by atoms with Gasteiger partial charge in [-0.1, -0.05) is 36.8 Å². The molecule has 0 amide bonds. The second-order valence-corrected chi connectivity index (χ2v) is 6.52. The molecule has 1 aromatic carbocycles. The van der Waals surface area contributed by atoms with Gasteiger partial charge in [0.2, 0.25) is 0 Å². The van der Waals surface area contributed by atoms with Crippen LogP contribution in [0.4, 0.5) is 0 Å². The van der Waals surface area contributed by atoms with Crippen molar-refractivity contribution < 1.29 is 12.6 Å². The highest BCUT2D eigenvalue weighted by Crippen LogP contribution is 2.16. The summed E-state index contributed by atoms with van der Waals surface area (Å²) in [5.74, 6) is 0. The van der Waals surface area contributed by atoms with Gasteiger partial charge in [0.15, 0.2) is 0 Å². The maximum Gasteiger partial charge on any atom is 0.298 e. The molecule has 0 radical (unpaired) electrons. The number of allylic oxidation sites excluding steroid dienone is 2. The second kappa shape index (κ2) is 8.97. The molecule has 4 nitrogen and oxygen atoms in total. The van der Waals surface area contributed by atoms with Crippen LogP contribution in [0.25, 0.3) is 0 Å². The van der Waals surface area contributed by atoms with E-state index in [0.29, 0.717) is 6.42 Å². The van der Waals surface area contributed by atoms with Gasteiger partial charge in [-0.15, -0.1) is 0 Å². The average molecular weight is 311 g/mol. The molecule has 1 aromatic rings. The number of hydrogen-bond donors (Lipinski definition) is 1. The lowest BCUT2D eigenvalue weighted by Crippen LogP contribution is -2.30. The molecule has 0 aromatic heterocycles. The topological polar surface area (TPSA) is 55.4 Å². The Kier molecular flexibility index (Phi) is 7.64. The van der Waals surface area contributed by atoms with Crippen molar-refractivity contribution in [3.05, 3.63) is 42.0 Å². The van der Waals surface area contributed by atoms with E-state index in [1.807, 2.05) is 6.92 Å². The van der Waals surface area contributed by atoms with Gasteiger partial charge in [0.1, 0.15) is 6.23 Å². The van der Waals surface area contributed by atoms with Gasteiger partial charge in [-0.25, -0.2) is 4.18 Å². The molecule has 0 saturated heterocycles. The molecule has 0 aliphatic carbocycles. The SMILES string of the molecule is CCC=CCCCC(NC)OS(=O)(=O)c1ccc(C)cc1. The van der Waals surface area contributed by atoms with Crippen LogP contribution in [0.1, 0.15) is 38.2 Å². The Morgan fingerprint density at radius 3 is 2.48 bits per heavy atom. The number of aryl methyl sites for hydroxylation is 1. The molecule has 5 heteroatoms. The third kappa shape index (κ3) is 6.42. The van der Waals surface area contributed by atoms with Gasteiger partial charge in [0.05, 0.1) is 4.90 Å². The fourth-order valence-corrected chi connectivity index (χ4v) is 2.94. The maximum atomic E-state index is 12.2. The molecule has 1 unspecified atom stereocenters. The van der Waals surface area contributed by atoms with E-state index < -0.39 is 16.3 Å². The Morgan fingerprint density at radius 1 is 1.24 bits per heavy atom. The van der Waals surface area contributed by atoms with Crippen molar-refractivity contribution in [3.63, 3.8) is 0 Å². The fourth-order valence-electron chi connectivity index (χ4n) is 1.86. The molecule has 0 aliphatic heterocycles. The number of hydrogen-bond acceptors (Lipinski definition) is 4. The number of rotatable bonds is 9. The minimum Gasteiger partial charge on any atom is -0.294 e. The summed E-state index contributed by atoms with van der Waals surface area (Å²) in [6.45, 7) is 4.00. The van der Waals surface area contributed by atoms with Gasteiger partial charge < -0.3 is 0 Å². The Morgan fingerprint density at radius 2 is 1.90 bits per heavy atom. The molecular weight excluding hydrogens is 286 g/mol. The Balaban J connectivity index is 2.58. The smallest absolute Gasteiger partial charge is 0.294 e. The third-order valence-corrected chi connectivity index (χ3v) is 4.45. The monoisotopic (exact) mass is 311 g/mol.